The first-order chi connectivity index (χ1) is 11.6. The number of hydrogen-bond acceptors (Lipinski definition) is 4. The largest absolute Gasteiger partial charge is 0.484 e. The summed E-state index contributed by atoms with van der Waals surface area (Å²) in [4.78, 5) is 25.7. The van der Waals surface area contributed by atoms with E-state index < -0.39 is 0 Å². The molecule has 0 spiro atoms. The highest BCUT2D eigenvalue weighted by Crippen LogP contribution is 2.14. The summed E-state index contributed by atoms with van der Waals surface area (Å²) >= 11 is 0. The van der Waals surface area contributed by atoms with Crippen molar-refractivity contribution in [2.24, 2.45) is 0 Å². The molecule has 1 saturated heterocycles. The average Bonchev–Trinajstić information content (AvgIpc) is 3.13. The number of amides is 2. The van der Waals surface area contributed by atoms with Crippen LogP contribution in [-0.4, -0.2) is 55.7 Å². The van der Waals surface area contributed by atoms with Crippen LogP contribution in [0.25, 0.3) is 0 Å². The Kier molecular flexibility index (Phi) is 7.06. The van der Waals surface area contributed by atoms with Crippen LogP contribution in [-0.2, 0) is 9.53 Å². The molecule has 1 aromatic rings. The molecule has 1 atom stereocenters. The van der Waals surface area contributed by atoms with Gasteiger partial charge in [0, 0.05) is 31.8 Å². The lowest BCUT2D eigenvalue weighted by molar-refractivity contribution is -0.123. The highest BCUT2D eigenvalue weighted by molar-refractivity contribution is 5.94. The molecule has 0 radical (unpaired) electrons. The van der Waals surface area contributed by atoms with E-state index in [-0.39, 0.29) is 24.5 Å². The third-order valence-electron chi connectivity index (χ3n) is 4.07. The Bertz CT molecular complexity index is 534. The molecule has 0 aromatic heterocycles. The lowest BCUT2D eigenvalue weighted by Crippen LogP contribution is -2.35. The molecule has 1 fully saturated rings. The molecular weight excluding hydrogens is 308 g/mol. The zero-order valence-electron chi connectivity index (χ0n) is 14.4. The number of ether oxygens (including phenoxy) is 2. The second kappa shape index (κ2) is 9.27. The number of benzene rings is 1. The molecule has 1 unspecified atom stereocenters. The molecule has 0 bridgehead atoms. The van der Waals surface area contributed by atoms with Crippen LogP contribution < -0.4 is 10.1 Å². The van der Waals surface area contributed by atoms with Gasteiger partial charge in [0.2, 0.25) is 0 Å². The van der Waals surface area contributed by atoms with E-state index in [1.165, 1.54) is 0 Å². The van der Waals surface area contributed by atoms with Gasteiger partial charge in [-0.15, -0.1) is 0 Å². The number of carbonyl (C=O) groups excluding carboxylic acids is 2. The molecule has 0 aliphatic carbocycles. The molecule has 6 heteroatoms. The Morgan fingerprint density at radius 2 is 1.96 bits per heavy atom. The lowest BCUT2D eigenvalue weighted by Gasteiger charge is -2.18. The molecule has 6 nitrogen and oxygen atoms in total. The van der Waals surface area contributed by atoms with Gasteiger partial charge < -0.3 is 19.7 Å². The molecule has 1 aliphatic heterocycles. The summed E-state index contributed by atoms with van der Waals surface area (Å²) in [5.74, 6) is 0.396. The summed E-state index contributed by atoms with van der Waals surface area (Å²) < 4.78 is 10.9. The summed E-state index contributed by atoms with van der Waals surface area (Å²) in [5, 5.41) is 2.80. The van der Waals surface area contributed by atoms with E-state index in [0.717, 1.165) is 19.4 Å². The molecule has 0 saturated carbocycles. The zero-order chi connectivity index (χ0) is 17.4. The SMILES string of the molecule is CCN(CC)C(=O)c1ccc(OCC(=O)NCC2CCCO2)cc1. The van der Waals surface area contributed by atoms with E-state index in [1.807, 2.05) is 13.8 Å². The number of rotatable bonds is 8. The Morgan fingerprint density at radius 3 is 2.54 bits per heavy atom. The van der Waals surface area contributed by atoms with E-state index in [4.69, 9.17) is 9.47 Å². The second-order valence-electron chi connectivity index (χ2n) is 5.73. The molecular formula is C18H26N2O4. The normalized spacial score (nSPS) is 16.7. The van der Waals surface area contributed by atoms with Crippen molar-refractivity contribution < 1.29 is 19.1 Å². The Labute approximate surface area is 143 Å². The van der Waals surface area contributed by atoms with Crippen molar-refractivity contribution in [1.29, 1.82) is 0 Å². The first-order valence-electron chi connectivity index (χ1n) is 8.54. The fourth-order valence-electron chi connectivity index (χ4n) is 2.62. The predicted octanol–water partition coefficient (Wildman–Crippen LogP) is 1.84. The van der Waals surface area contributed by atoms with Gasteiger partial charge in [-0.05, 0) is 51.0 Å². The van der Waals surface area contributed by atoms with E-state index in [2.05, 4.69) is 5.32 Å². The van der Waals surface area contributed by atoms with Crippen LogP contribution in [0.2, 0.25) is 0 Å². The highest BCUT2D eigenvalue weighted by atomic mass is 16.5. The van der Waals surface area contributed by atoms with Crippen molar-refractivity contribution in [2.45, 2.75) is 32.8 Å². The molecule has 1 N–H and O–H groups in total. The summed E-state index contributed by atoms with van der Waals surface area (Å²) in [6, 6.07) is 6.87. The predicted molar refractivity (Wildman–Crippen MR) is 91.2 cm³/mol. The number of nitrogens with one attached hydrogen (secondary N) is 1. The Morgan fingerprint density at radius 1 is 1.25 bits per heavy atom. The van der Waals surface area contributed by atoms with Gasteiger partial charge in [0.1, 0.15) is 5.75 Å². The van der Waals surface area contributed by atoms with Gasteiger partial charge >= 0.3 is 0 Å². The van der Waals surface area contributed by atoms with Gasteiger partial charge in [-0.1, -0.05) is 0 Å². The molecule has 24 heavy (non-hydrogen) atoms. The van der Waals surface area contributed by atoms with Crippen LogP contribution in [0, 0.1) is 0 Å². The molecule has 132 valence electrons. The van der Waals surface area contributed by atoms with Crippen molar-refractivity contribution in [3.8, 4) is 5.75 Å². The Balaban J connectivity index is 1.76. The summed E-state index contributed by atoms with van der Waals surface area (Å²) in [5.41, 5.74) is 0.619. The van der Waals surface area contributed by atoms with Gasteiger partial charge in [0.15, 0.2) is 6.61 Å². The maximum absolute atomic E-state index is 12.2. The quantitative estimate of drug-likeness (QED) is 0.788. The smallest absolute Gasteiger partial charge is 0.258 e. The van der Waals surface area contributed by atoms with Gasteiger partial charge in [-0.25, -0.2) is 0 Å². The minimum absolute atomic E-state index is 0.000793. The summed E-state index contributed by atoms with van der Waals surface area (Å²) in [6.07, 6.45) is 2.16. The molecule has 1 heterocycles. The zero-order valence-corrected chi connectivity index (χ0v) is 14.4. The standard InChI is InChI=1S/C18H26N2O4/c1-3-20(4-2)18(22)14-7-9-15(10-8-14)24-13-17(21)19-12-16-6-5-11-23-16/h7-10,16H,3-6,11-13H2,1-2H3,(H,19,21). The molecule has 2 rings (SSSR count). The maximum atomic E-state index is 12.2. The van der Waals surface area contributed by atoms with Crippen LogP contribution in [0.3, 0.4) is 0 Å². The average molecular weight is 334 g/mol. The summed E-state index contributed by atoms with van der Waals surface area (Å²) in [6.45, 7) is 6.52. The van der Waals surface area contributed by atoms with Crippen LogP contribution in [0.5, 0.6) is 5.75 Å². The van der Waals surface area contributed by atoms with E-state index in [0.29, 0.717) is 30.9 Å². The second-order valence-corrected chi connectivity index (χ2v) is 5.73. The monoisotopic (exact) mass is 334 g/mol. The van der Waals surface area contributed by atoms with Gasteiger partial charge in [0.05, 0.1) is 6.10 Å². The molecule has 1 aliphatic rings. The lowest BCUT2D eigenvalue weighted by atomic mass is 10.2. The fourth-order valence-corrected chi connectivity index (χ4v) is 2.62. The van der Waals surface area contributed by atoms with Crippen LogP contribution in [0.1, 0.15) is 37.0 Å². The molecule has 1 aromatic carbocycles. The minimum atomic E-state index is -0.172. The number of nitrogens with zero attached hydrogens (tertiary/aromatic N) is 1. The van der Waals surface area contributed by atoms with Crippen molar-refractivity contribution in [3.63, 3.8) is 0 Å². The fraction of sp³-hybridized carbons (Fsp3) is 0.556. The van der Waals surface area contributed by atoms with Crippen LogP contribution >= 0.6 is 0 Å². The third kappa shape index (κ3) is 5.23. The third-order valence-corrected chi connectivity index (χ3v) is 4.07. The van der Waals surface area contributed by atoms with Gasteiger partial charge in [-0.2, -0.15) is 0 Å². The Hall–Kier alpha value is -2.08. The van der Waals surface area contributed by atoms with Crippen molar-refractivity contribution in [2.75, 3.05) is 32.8 Å². The highest BCUT2D eigenvalue weighted by Gasteiger charge is 2.16. The van der Waals surface area contributed by atoms with Crippen LogP contribution in [0.4, 0.5) is 0 Å². The van der Waals surface area contributed by atoms with E-state index in [1.54, 1.807) is 29.2 Å². The number of carbonyl (C=O) groups is 2. The van der Waals surface area contributed by atoms with E-state index >= 15 is 0 Å². The van der Waals surface area contributed by atoms with E-state index in [9.17, 15) is 9.59 Å². The molecule has 2 amide bonds. The van der Waals surface area contributed by atoms with Crippen LogP contribution in [0.15, 0.2) is 24.3 Å². The first kappa shape index (κ1) is 18.3. The summed E-state index contributed by atoms with van der Waals surface area (Å²) in [7, 11) is 0. The topological polar surface area (TPSA) is 67.9 Å². The van der Waals surface area contributed by atoms with Gasteiger partial charge in [-0.3, -0.25) is 9.59 Å². The first-order valence-corrected chi connectivity index (χ1v) is 8.54. The van der Waals surface area contributed by atoms with Gasteiger partial charge in [0.25, 0.3) is 11.8 Å². The van der Waals surface area contributed by atoms with Crippen molar-refractivity contribution >= 4 is 11.8 Å². The number of hydrogen-bond donors (Lipinski definition) is 1. The van der Waals surface area contributed by atoms with Crippen molar-refractivity contribution in [1.82, 2.24) is 10.2 Å². The minimum Gasteiger partial charge on any atom is -0.484 e. The van der Waals surface area contributed by atoms with Crippen molar-refractivity contribution in [3.05, 3.63) is 29.8 Å². The maximum Gasteiger partial charge on any atom is 0.258 e.